The lowest BCUT2D eigenvalue weighted by Gasteiger charge is -2.31. The van der Waals surface area contributed by atoms with E-state index in [4.69, 9.17) is 4.74 Å². The molecule has 192 valence electrons. The van der Waals surface area contributed by atoms with Crippen LogP contribution < -0.4 is 5.32 Å². The number of hydrogen-bond donors (Lipinski definition) is 1. The number of anilines is 1. The van der Waals surface area contributed by atoms with Gasteiger partial charge in [-0.05, 0) is 63.1 Å². The average Bonchev–Trinajstić information content (AvgIpc) is 3.16. The number of carbonyl (C=O) groups excluding carboxylic acids is 2. The number of halogens is 2. The minimum Gasteiger partial charge on any atom is -0.462 e. The topological polar surface area (TPSA) is 96.0 Å². The van der Waals surface area contributed by atoms with Gasteiger partial charge in [-0.2, -0.15) is 4.31 Å². The highest BCUT2D eigenvalue weighted by Crippen LogP contribution is 2.38. The predicted octanol–water partition coefficient (Wildman–Crippen LogP) is 3.51. The van der Waals surface area contributed by atoms with E-state index in [9.17, 15) is 22.4 Å². The summed E-state index contributed by atoms with van der Waals surface area (Å²) in [7, 11) is -1.84. The van der Waals surface area contributed by atoms with Gasteiger partial charge in [-0.3, -0.25) is 4.79 Å². The molecule has 12 heteroatoms. The number of benzene rings is 1. The van der Waals surface area contributed by atoms with Crippen LogP contribution in [0.3, 0.4) is 0 Å². The fourth-order valence-corrected chi connectivity index (χ4v) is 7.23. The van der Waals surface area contributed by atoms with Crippen molar-refractivity contribution >= 4 is 50.6 Å². The Bertz CT molecular complexity index is 1190. The smallest absolute Gasteiger partial charge is 0.341 e. The van der Waals surface area contributed by atoms with Gasteiger partial charge in [-0.25, -0.2) is 17.6 Å². The third-order valence-corrected chi connectivity index (χ3v) is 9.18. The van der Waals surface area contributed by atoms with Gasteiger partial charge >= 0.3 is 5.97 Å². The van der Waals surface area contributed by atoms with Crippen molar-refractivity contribution in [3.05, 3.63) is 46.1 Å². The summed E-state index contributed by atoms with van der Waals surface area (Å²) in [5.41, 5.74) is 1.33. The number of hydrogen-bond acceptors (Lipinski definition) is 7. The molecule has 1 aromatic carbocycles. The zero-order chi connectivity index (χ0) is 24.5. The summed E-state index contributed by atoms with van der Waals surface area (Å²) < 4.78 is 45.8. The maximum Gasteiger partial charge on any atom is 0.341 e. The first-order valence-electron chi connectivity index (χ1n) is 11.3. The van der Waals surface area contributed by atoms with Crippen LogP contribution in [0.5, 0.6) is 0 Å². The summed E-state index contributed by atoms with van der Waals surface area (Å²) in [5.74, 6) is -1.86. The monoisotopic (exact) mass is 545 g/mol. The van der Waals surface area contributed by atoms with Crippen LogP contribution >= 0.6 is 23.7 Å². The number of fused-ring (bicyclic) bond motifs is 1. The molecule has 0 radical (unpaired) electrons. The number of nitrogens with one attached hydrogen (secondary N) is 1. The maximum absolute atomic E-state index is 13.2. The van der Waals surface area contributed by atoms with Crippen LogP contribution in [0.25, 0.3) is 0 Å². The first kappa shape index (κ1) is 27.5. The molecule has 1 aromatic heterocycles. The molecule has 1 atom stereocenters. The van der Waals surface area contributed by atoms with E-state index in [1.54, 1.807) is 6.92 Å². The van der Waals surface area contributed by atoms with E-state index >= 15 is 0 Å². The van der Waals surface area contributed by atoms with Gasteiger partial charge in [0.15, 0.2) is 0 Å². The molecule has 1 saturated heterocycles. The molecule has 3 heterocycles. The highest BCUT2D eigenvalue weighted by Gasteiger charge is 2.35. The van der Waals surface area contributed by atoms with E-state index in [1.165, 1.54) is 27.8 Å². The fourth-order valence-electron chi connectivity index (χ4n) is 4.38. The van der Waals surface area contributed by atoms with Crippen LogP contribution in [0.15, 0.2) is 29.2 Å². The first-order chi connectivity index (χ1) is 16.2. The van der Waals surface area contributed by atoms with E-state index in [2.05, 4.69) is 10.2 Å². The van der Waals surface area contributed by atoms with Gasteiger partial charge in [0.2, 0.25) is 15.9 Å². The Morgan fingerprint density at radius 1 is 1.23 bits per heavy atom. The standard InChI is InChI=1S/C23H28FN3O5S2.ClH/c1-3-32-23(29)20-18-10-12-26(2)14-19(18)33-22(20)25-21(28)15-5-4-11-27(13-15)34(30,31)17-8-6-16(24)7-9-17;/h6-9,15H,3-5,10-14H2,1-2H3,(H,25,28);1H. The lowest BCUT2D eigenvalue weighted by atomic mass is 9.98. The molecule has 1 unspecified atom stereocenters. The van der Waals surface area contributed by atoms with Gasteiger partial charge in [-0.15, -0.1) is 23.7 Å². The highest BCUT2D eigenvalue weighted by molar-refractivity contribution is 7.89. The summed E-state index contributed by atoms with van der Waals surface area (Å²) in [6.07, 6.45) is 1.75. The van der Waals surface area contributed by atoms with E-state index in [0.29, 0.717) is 36.4 Å². The first-order valence-corrected chi connectivity index (χ1v) is 13.5. The quantitative estimate of drug-likeness (QED) is 0.558. The third-order valence-electron chi connectivity index (χ3n) is 6.17. The number of rotatable bonds is 6. The van der Waals surface area contributed by atoms with Crippen LogP contribution in [0.2, 0.25) is 0 Å². The van der Waals surface area contributed by atoms with Crippen molar-refractivity contribution in [3.8, 4) is 0 Å². The molecule has 1 amide bonds. The van der Waals surface area contributed by atoms with Crippen molar-refractivity contribution in [2.24, 2.45) is 5.92 Å². The molecule has 2 aliphatic heterocycles. The second kappa shape index (κ2) is 11.3. The number of carbonyl (C=O) groups is 2. The molecule has 8 nitrogen and oxygen atoms in total. The number of amides is 1. The van der Waals surface area contributed by atoms with Crippen molar-refractivity contribution in [3.63, 3.8) is 0 Å². The zero-order valence-corrected chi connectivity index (χ0v) is 22.0. The van der Waals surface area contributed by atoms with Gasteiger partial charge in [-0.1, -0.05) is 0 Å². The average molecular weight is 546 g/mol. The minimum absolute atomic E-state index is 0. The number of nitrogens with zero attached hydrogens (tertiary/aromatic N) is 2. The van der Waals surface area contributed by atoms with Gasteiger partial charge in [0.25, 0.3) is 0 Å². The summed E-state index contributed by atoms with van der Waals surface area (Å²) in [6, 6.07) is 4.67. The van der Waals surface area contributed by atoms with E-state index in [-0.39, 0.29) is 42.9 Å². The largest absolute Gasteiger partial charge is 0.462 e. The molecule has 0 aliphatic carbocycles. The van der Waals surface area contributed by atoms with E-state index < -0.39 is 27.7 Å². The Morgan fingerprint density at radius 3 is 2.63 bits per heavy atom. The van der Waals surface area contributed by atoms with E-state index in [0.717, 1.165) is 29.1 Å². The number of thiophene rings is 1. The fraction of sp³-hybridized carbons (Fsp3) is 0.478. The van der Waals surface area contributed by atoms with Crippen LogP contribution in [0.4, 0.5) is 9.39 Å². The summed E-state index contributed by atoms with van der Waals surface area (Å²) >= 11 is 1.37. The Labute approximate surface area is 214 Å². The Hall–Kier alpha value is -2.05. The summed E-state index contributed by atoms with van der Waals surface area (Å²) in [4.78, 5) is 29.1. The molecule has 2 aromatic rings. The van der Waals surface area contributed by atoms with Crippen molar-refractivity contribution in [2.75, 3.05) is 38.6 Å². The normalized spacial score (nSPS) is 18.9. The molecule has 1 N–H and O–H groups in total. The molecule has 0 saturated carbocycles. The predicted molar refractivity (Wildman–Crippen MR) is 134 cm³/mol. The number of ether oxygens (including phenoxy) is 1. The molecular formula is C23H29ClFN3O5S2. The molecular weight excluding hydrogens is 517 g/mol. The second-order valence-corrected chi connectivity index (χ2v) is 11.6. The maximum atomic E-state index is 13.2. The van der Waals surface area contributed by atoms with E-state index in [1.807, 2.05) is 7.05 Å². The Kier molecular flexibility index (Phi) is 8.92. The third kappa shape index (κ3) is 5.86. The summed E-state index contributed by atoms with van der Waals surface area (Å²) in [5, 5.41) is 3.36. The number of piperidine rings is 1. The lowest BCUT2D eigenvalue weighted by molar-refractivity contribution is -0.120. The van der Waals surface area contributed by atoms with Crippen molar-refractivity contribution < 1.29 is 27.1 Å². The van der Waals surface area contributed by atoms with Gasteiger partial charge < -0.3 is 15.0 Å². The van der Waals surface area contributed by atoms with Crippen LogP contribution in [0.1, 0.15) is 40.6 Å². The molecule has 4 rings (SSSR count). The molecule has 0 spiro atoms. The number of esters is 1. The highest BCUT2D eigenvalue weighted by atomic mass is 35.5. The lowest BCUT2D eigenvalue weighted by Crippen LogP contribution is -2.43. The van der Waals surface area contributed by atoms with Crippen molar-refractivity contribution in [1.82, 2.24) is 9.21 Å². The summed E-state index contributed by atoms with van der Waals surface area (Å²) in [6.45, 7) is 3.78. The van der Waals surface area contributed by atoms with Crippen molar-refractivity contribution in [1.29, 1.82) is 0 Å². The Balaban J connectivity index is 0.00000342. The SMILES string of the molecule is CCOC(=O)c1c(NC(=O)C2CCCN(S(=O)(=O)c3ccc(F)cc3)C2)sc2c1CCN(C)C2.Cl. The van der Waals surface area contributed by atoms with Crippen LogP contribution in [0, 0.1) is 11.7 Å². The zero-order valence-electron chi connectivity index (χ0n) is 19.6. The molecule has 35 heavy (non-hydrogen) atoms. The number of sulfonamides is 1. The van der Waals surface area contributed by atoms with Crippen LogP contribution in [-0.4, -0.2) is 62.8 Å². The molecule has 0 bridgehead atoms. The molecule has 2 aliphatic rings. The molecule has 1 fully saturated rings. The minimum atomic E-state index is -3.85. The van der Waals surface area contributed by atoms with Gasteiger partial charge in [0.1, 0.15) is 10.8 Å². The Morgan fingerprint density at radius 2 is 1.94 bits per heavy atom. The van der Waals surface area contributed by atoms with Crippen molar-refractivity contribution in [2.45, 2.75) is 37.6 Å². The van der Waals surface area contributed by atoms with Gasteiger partial charge in [0.05, 0.1) is 23.0 Å². The van der Waals surface area contributed by atoms with Gasteiger partial charge in [0, 0.05) is 31.1 Å². The van der Waals surface area contributed by atoms with Crippen LogP contribution in [-0.2, 0) is 32.5 Å². The second-order valence-electron chi connectivity index (χ2n) is 8.56. The number of likely N-dealkylation sites (N-methyl/N-ethyl adjacent to an activating group) is 1.